The lowest BCUT2D eigenvalue weighted by Gasteiger charge is -2.30. The van der Waals surface area contributed by atoms with Gasteiger partial charge in [-0.2, -0.15) is 0 Å². The number of rotatable bonds is 3. The molecule has 3 rings (SSSR count). The average Bonchev–Trinajstić information content (AvgIpc) is 3.30. The molecule has 1 heterocycles. The van der Waals surface area contributed by atoms with Gasteiger partial charge in [0.1, 0.15) is 0 Å². The Morgan fingerprint density at radius 2 is 1.86 bits per heavy atom. The third-order valence-corrected chi connectivity index (χ3v) is 5.48. The Balaban J connectivity index is 1.62. The Kier molecular flexibility index (Phi) is 4.33. The number of benzene rings is 1. The highest BCUT2D eigenvalue weighted by Crippen LogP contribution is 2.51. The van der Waals surface area contributed by atoms with Crippen molar-refractivity contribution < 1.29 is 14.7 Å². The maximum Gasteiger partial charge on any atom is 0.306 e. The van der Waals surface area contributed by atoms with Gasteiger partial charge < -0.3 is 10.0 Å². The zero-order valence-electron chi connectivity index (χ0n) is 12.0. The molecule has 2 aliphatic rings. The van der Waals surface area contributed by atoms with Crippen molar-refractivity contribution in [3.05, 3.63) is 33.8 Å². The van der Waals surface area contributed by atoms with Gasteiger partial charge in [-0.15, -0.1) is 0 Å². The standard InChI is InChI=1S/C16H17Cl2NO3/c17-13-3-1-2-10(14(13)18)11-8-12(11)15(20)19-6-4-9(5-7-19)16(21)22/h1-3,9,11-12H,4-8H2,(H,21,22)/t11-,12-/m1/s1. The Labute approximate surface area is 139 Å². The summed E-state index contributed by atoms with van der Waals surface area (Å²) in [7, 11) is 0. The number of carbonyl (C=O) groups is 2. The second-order valence-corrected chi connectivity index (χ2v) is 6.81. The van der Waals surface area contributed by atoms with E-state index in [9.17, 15) is 9.59 Å². The second kappa shape index (κ2) is 6.09. The molecule has 22 heavy (non-hydrogen) atoms. The van der Waals surface area contributed by atoms with Crippen LogP contribution in [0.15, 0.2) is 18.2 Å². The Morgan fingerprint density at radius 1 is 1.18 bits per heavy atom. The summed E-state index contributed by atoms with van der Waals surface area (Å²) in [4.78, 5) is 25.3. The molecule has 0 radical (unpaired) electrons. The summed E-state index contributed by atoms with van der Waals surface area (Å²) >= 11 is 12.2. The van der Waals surface area contributed by atoms with Crippen LogP contribution in [0.1, 0.15) is 30.7 Å². The molecule has 1 amide bonds. The number of hydrogen-bond donors (Lipinski definition) is 1. The number of aliphatic carboxylic acids is 1. The van der Waals surface area contributed by atoms with Gasteiger partial charge in [-0.1, -0.05) is 35.3 Å². The van der Waals surface area contributed by atoms with Gasteiger partial charge in [0.2, 0.25) is 5.91 Å². The van der Waals surface area contributed by atoms with E-state index in [1.165, 1.54) is 0 Å². The van der Waals surface area contributed by atoms with Crippen LogP contribution in [0.5, 0.6) is 0 Å². The third kappa shape index (κ3) is 2.95. The van der Waals surface area contributed by atoms with Gasteiger partial charge in [0, 0.05) is 19.0 Å². The number of piperidine rings is 1. The fourth-order valence-electron chi connectivity index (χ4n) is 3.20. The molecule has 118 valence electrons. The first-order chi connectivity index (χ1) is 10.5. The molecule has 1 aromatic carbocycles. The Morgan fingerprint density at radius 3 is 2.50 bits per heavy atom. The molecule has 0 bridgehead atoms. The van der Waals surface area contributed by atoms with E-state index in [0.717, 1.165) is 12.0 Å². The van der Waals surface area contributed by atoms with Crippen molar-refractivity contribution in [3.63, 3.8) is 0 Å². The van der Waals surface area contributed by atoms with Crippen LogP contribution in [0.2, 0.25) is 10.0 Å². The molecule has 4 nitrogen and oxygen atoms in total. The van der Waals surface area contributed by atoms with Crippen molar-refractivity contribution in [3.8, 4) is 0 Å². The van der Waals surface area contributed by atoms with E-state index < -0.39 is 5.97 Å². The molecule has 2 fully saturated rings. The molecule has 1 aliphatic carbocycles. The second-order valence-electron chi connectivity index (χ2n) is 6.03. The quantitative estimate of drug-likeness (QED) is 0.916. The molecule has 1 saturated carbocycles. The van der Waals surface area contributed by atoms with Gasteiger partial charge in [0.05, 0.1) is 16.0 Å². The zero-order valence-corrected chi connectivity index (χ0v) is 13.5. The van der Waals surface area contributed by atoms with E-state index >= 15 is 0 Å². The first kappa shape index (κ1) is 15.6. The Hall–Kier alpha value is -1.26. The fourth-order valence-corrected chi connectivity index (χ4v) is 3.65. The van der Waals surface area contributed by atoms with E-state index in [1.807, 2.05) is 12.1 Å². The van der Waals surface area contributed by atoms with Gasteiger partial charge in [0.15, 0.2) is 0 Å². The normalized spacial score (nSPS) is 25.1. The van der Waals surface area contributed by atoms with Gasteiger partial charge in [-0.05, 0) is 36.8 Å². The molecule has 6 heteroatoms. The lowest BCUT2D eigenvalue weighted by molar-refractivity contribution is -0.146. The molecule has 0 unspecified atom stereocenters. The molecule has 1 aromatic rings. The minimum Gasteiger partial charge on any atom is -0.481 e. The van der Waals surface area contributed by atoms with Crippen LogP contribution in [-0.4, -0.2) is 35.0 Å². The molecular weight excluding hydrogens is 325 g/mol. The number of carboxylic acid groups (broad SMARTS) is 1. The lowest BCUT2D eigenvalue weighted by Crippen LogP contribution is -2.41. The minimum atomic E-state index is -0.762. The first-order valence-electron chi connectivity index (χ1n) is 7.44. The highest BCUT2D eigenvalue weighted by Gasteiger charge is 2.47. The number of nitrogens with zero attached hydrogens (tertiary/aromatic N) is 1. The third-order valence-electron chi connectivity index (χ3n) is 4.64. The molecule has 1 N–H and O–H groups in total. The van der Waals surface area contributed by atoms with Crippen LogP contribution in [-0.2, 0) is 9.59 Å². The molecule has 0 aromatic heterocycles. The van der Waals surface area contributed by atoms with Crippen LogP contribution in [0.3, 0.4) is 0 Å². The van der Waals surface area contributed by atoms with E-state index in [0.29, 0.717) is 36.0 Å². The van der Waals surface area contributed by atoms with Crippen LogP contribution in [0.4, 0.5) is 0 Å². The van der Waals surface area contributed by atoms with Crippen LogP contribution < -0.4 is 0 Å². The van der Waals surface area contributed by atoms with E-state index in [2.05, 4.69) is 0 Å². The predicted molar refractivity (Wildman–Crippen MR) is 84.2 cm³/mol. The van der Waals surface area contributed by atoms with Crippen molar-refractivity contribution in [2.75, 3.05) is 13.1 Å². The van der Waals surface area contributed by atoms with Gasteiger partial charge in [0.25, 0.3) is 0 Å². The highest BCUT2D eigenvalue weighted by atomic mass is 35.5. The van der Waals surface area contributed by atoms with Crippen molar-refractivity contribution in [2.45, 2.75) is 25.2 Å². The summed E-state index contributed by atoms with van der Waals surface area (Å²) in [5, 5.41) is 10.1. The number of carboxylic acids is 1. The van der Waals surface area contributed by atoms with Crippen molar-refractivity contribution in [1.82, 2.24) is 4.90 Å². The van der Waals surface area contributed by atoms with Crippen molar-refractivity contribution in [2.24, 2.45) is 11.8 Å². The summed E-state index contributed by atoms with van der Waals surface area (Å²) in [5.41, 5.74) is 0.938. The van der Waals surface area contributed by atoms with Crippen LogP contribution in [0, 0.1) is 11.8 Å². The number of carbonyl (C=O) groups excluding carboxylic acids is 1. The predicted octanol–water partition coefficient (Wildman–Crippen LogP) is 3.42. The van der Waals surface area contributed by atoms with Crippen molar-refractivity contribution >= 4 is 35.1 Å². The summed E-state index contributed by atoms with van der Waals surface area (Å²) in [6, 6.07) is 5.51. The SMILES string of the molecule is O=C(O)C1CCN(C(=O)[C@@H]2C[C@@H]2c2cccc(Cl)c2Cl)CC1. The van der Waals surface area contributed by atoms with E-state index in [-0.39, 0.29) is 23.7 Å². The van der Waals surface area contributed by atoms with Crippen molar-refractivity contribution in [1.29, 1.82) is 0 Å². The average molecular weight is 342 g/mol. The van der Waals surface area contributed by atoms with E-state index in [4.69, 9.17) is 28.3 Å². The smallest absolute Gasteiger partial charge is 0.306 e. The molecular formula is C16H17Cl2NO3. The maximum absolute atomic E-state index is 12.5. The summed E-state index contributed by atoms with van der Waals surface area (Å²) in [5.74, 6) is -0.873. The topological polar surface area (TPSA) is 57.6 Å². The minimum absolute atomic E-state index is 0.0441. The number of halogens is 2. The van der Waals surface area contributed by atoms with Crippen LogP contribution in [0.25, 0.3) is 0 Å². The number of hydrogen-bond acceptors (Lipinski definition) is 2. The molecule has 0 spiro atoms. The highest BCUT2D eigenvalue weighted by molar-refractivity contribution is 6.42. The van der Waals surface area contributed by atoms with Gasteiger partial charge in [-0.25, -0.2) is 0 Å². The molecule has 2 atom stereocenters. The Bertz CT molecular complexity index is 611. The lowest BCUT2D eigenvalue weighted by atomic mass is 9.96. The van der Waals surface area contributed by atoms with Gasteiger partial charge >= 0.3 is 5.97 Å². The zero-order chi connectivity index (χ0) is 15.9. The molecule has 1 aliphatic heterocycles. The summed E-state index contributed by atoms with van der Waals surface area (Å²) in [6.45, 7) is 1.06. The molecule has 1 saturated heterocycles. The van der Waals surface area contributed by atoms with Gasteiger partial charge in [-0.3, -0.25) is 9.59 Å². The summed E-state index contributed by atoms with van der Waals surface area (Å²) in [6.07, 6.45) is 1.87. The van der Waals surface area contributed by atoms with Crippen LogP contribution >= 0.6 is 23.2 Å². The number of amides is 1. The fraction of sp³-hybridized carbons (Fsp3) is 0.500. The largest absolute Gasteiger partial charge is 0.481 e. The monoisotopic (exact) mass is 341 g/mol. The first-order valence-corrected chi connectivity index (χ1v) is 8.20. The van der Waals surface area contributed by atoms with E-state index in [1.54, 1.807) is 11.0 Å². The number of likely N-dealkylation sites (tertiary alicyclic amines) is 1. The summed E-state index contributed by atoms with van der Waals surface area (Å²) < 4.78 is 0. The maximum atomic E-state index is 12.5.